The standard InChI is InChI=1S/C31H48/c1-28(2,3)24-19-16-22(17-20-24)14-13-15-23-18-21-25(29(4,5)6)27(31(10,11)12)26(23)30(7,8)9/h16-21H,13-15H2,1-12H3. The summed E-state index contributed by atoms with van der Waals surface area (Å²) >= 11 is 0. The largest absolute Gasteiger partial charge is 0.0588 e. The quantitative estimate of drug-likeness (QED) is 0.462. The van der Waals surface area contributed by atoms with Crippen LogP contribution in [0.5, 0.6) is 0 Å². The summed E-state index contributed by atoms with van der Waals surface area (Å²) in [4.78, 5) is 0. The van der Waals surface area contributed by atoms with Gasteiger partial charge in [-0.1, -0.05) is 119 Å². The maximum absolute atomic E-state index is 2.43. The summed E-state index contributed by atoms with van der Waals surface area (Å²) in [7, 11) is 0. The van der Waals surface area contributed by atoms with Crippen molar-refractivity contribution in [2.75, 3.05) is 0 Å². The van der Waals surface area contributed by atoms with E-state index in [0.29, 0.717) is 0 Å². The van der Waals surface area contributed by atoms with Gasteiger partial charge in [0.05, 0.1) is 0 Å². The predicted octanol–water partition coefficient (Wildman–Crippen LogP) is 9.05. The zero-order valence-corrected chi connectivity index (χ0v) is 22.6. The molecule has 0 bridgehead atoms. The van der Waals surface area contributed by atoms with Crippen LogP contribution in [0.25, 0.3) is 0 Å². The molecular formula is C31H48. The first-order valence-electron chi connectivity index (χ1n) is 12.2. The van der Waals surface area contributed by atoms with Crippen molar-refractivity contribution in [1.82, 2.24) is 0 Å². The topological polar surface area (TPSA) is 0 Å². The average Bonchev–Trinajstić information content (AvgIpc) is 2.58. The molecule has 0 atom stereocenters. The van der Waals surface area contributed by atoms with Gasteiger partial charge in [0.25, 0.3) is 0 Å². The van der Waals surface area contributed by atoms with E-state index in [0.717, 1.165) is 12.8 Å². The summed E-state index contributed by atoms with van der Waals surface area (Å²) in [5.74, 6) is 0. The Kier molecular flexibility index (Phi) is 7.26. The van der Waals surface area contributed by atoms with Crippen molar-refractivity contribution >= 4 is 0 Å². The van der Waals surface area contributed by atoms with Gasteiger partial charge in [-0.15, -0.1) is 0 Å². The van der Waals surface area contributed by atoms with Crippen LogP contribution in [0.4, 0.5) is 0 Å². The highest BCUT2D eigenvalue weighted by molar-refractivity contribution is 5.51. The number of rotatable bonds is 4. The molecule has 0 N–H and O–H groups in total. The van der Waals surface area contributed by atoms with Crippen LogP contribution in [0.1, 0.15) is 123 Å². The fraction of sp³-hybridized carbons (Fsp3) is 0.613. The van der Waals surface area contributed by atoms with Crippen molar-refractivity contribution in [1.29, 1.82) is 0 Å². The number of hydrogen-bond donors (Lipinski definition) is 0. The van der Waals surface area contributed by atoms with Gasteiger partial charge in [-0.25, -0.2) is 0 Å². The molecule has 31 heavy (non-hydrogen) atoms. The van der Waals surface area contributed by atoms with Crippen molar-refractivity contribution in [2.24, 2.45) is 0 Å². The molecule has 172 valence electrons. The SMILES string of the molecule is CC(C)(C)c1ccc(CCCc2ccc(C(C)(C)C)c(C(C)(C)C)c2C(C)(C)C)cc1. The normalized spacial score (nSPS) is 13.5. The molecule has 0 saturated heterocycles. The van der Waals surface area contributed by atoms with Crippen LogP contribution >= 0.6 is 0 Å². The van der Waals surface area contributed by atoms with E-state index in [1.807, 2.05) is 0 Å². The second kappa shape index (κ2) is 8.76. The summed E-state index contributed by atoms with van der Waals surface area (Å²) in [5.41, 5.74) is 9.69. The van der Waals surface area contributed by atoms with Crippen molar-refractivity contribution in [3.05, 3.63) is 69.8 Å². The molecule has 0 saturated carbocycles. The highest BCUT2D eigenvalue weighted by Gasteiger charge is 2.33. The summed E-state index contributed by atoms with van der Waals surface area (Å²) < 4.78 is 0. The zero-order chi connectivity index (χ0) is 23.8. The maximum Gasteiger partial charge on any atom is -0.0126 e. The van der Waals surface area contributed by atoms with E-state index >= 15 is 0 Å². The summed E-state index contributed by atoms with van der Waals surface area (Å²) in [6, 6.07) is 14.1. The molecule has 0 heteroatoms. The lowest BCUT2D eigenvalue weighted by Crippen LogP contribution is -2.29. The van der Waals surface area contributed by atoms with E-state index in [1.165, 1.54) is 28.7 Å². The Bertz CT molecular complexity index is 866. The van der Waals surface area contributed by atoms with Crippen LogP contribution < -0.4 is 0 Å². The van der Waals surface area contributed by atoms with Crippen LogP contribution in [0.2, 0.25) is 0 Å². The third kappa shape index (κ3) is 6.47. The Balaban J connectivity index is 2.37. The lowest BCUT2D eigenvalue weighted by Gasteiger charge is -2.38. The minimum Gasteiger partial charge on any atom is -0.0588 e. The average molecular weight is 421 g/mol. The molecule has 2 aromatic rings. The molecule has 0 aliphatic carbocycles. The second-order valence-electron chi connectivity index (χ2n) is 13.6. The van der Waals surface area contributed by atoms with Crippen LogP contribution in [0.3, 0.4) is 0 Å². The van der Waals surface area contributed by atoms with Gasteiger partial charge in [0, 0.05) is 0 Å². The fourth-order valence-electron chi connectivity index (χ4n) is 4.77. The van der Waals surface area contributed by atoms with E-state index < -0.39 is 0 Å². The van der Waals surface area contributed by atoms with Crippen molar-refractivity contribution in [3.63, 3.8) is 0 Å². The minimum absolute atomic E-state index is 0.129. The highest BCUT2D eigenvalue weighted by Crippen LogP contribution is 2.42. The molecule has 0 nitrogen and oxygen atoms in total. The molecule has 0 aliphatic heterocycles. The van der Waals surface area contributed by atoms with Gasteiger partial charge in [0.1, 0.15) is 0 Å². The van der Waals surface area contributed by atoms with Crippen LogP contribution in [0, 0.1) is 0 Å². The lowest BCUT2D eigenvalue weighted by atomic mass is 9.67. The first kappa shape index (κ1) is 25.7. The third-order valence-corrected chi connectivity index (χ3v) is 6.33. The molecule has 0 unspecified atom stereocenters. The van der Waals surface area contributed by atoms with Gasteiger partial charge >= 0.3 is 0 Å². The highest BCUT2D eigenvalue weighted by atomic mass is 14.4. The Labute approximate surface area is 193 Å². The Hall–Kier alpha value is -1.56. The predicted molar refractivity (Wildman–Crippen MR) is 140 cm³/mol. The summed E-state index contributed by atoms with van der Waals surface area (Å²) in [5, 5.41) is 0. The Morgan fingerprint density at radius 3 is 1.42 bits per heavy atom. The van der Waals surface area contributed by atoms with Crippen molar-refractivity contribution in [2.45, 2.75) is 124 Å². The second-order valence-corrected chi connectivity index (χ2v) is 13.6. The van der Waals surface area contributed by atoms with E-state index in [1.54, 1.807) is 11.1 Å². The van der Waals surface area contributed by atoms with Crippen molar-refractivity contribution < 1.29 is 0 Å². The summed E-state index contributed by atoms with van der Waals surface area (Å²) in [6.45, 7) is 28.2. The van der Waals surface area contributed by atoms with Crippen LogP contribution in [0.15, 0.2) is 36.4 Å². The first-order valence-corrected chi connectivity index (χ1v) is 12.2. The minimum atomic E-state index is 0.129. The van der Waals surface area contributed by atoms with Gasteiger partial charge in [0.2, 0.25) is 0 Å². The molecule has 0 amide bonds. The molecule has 0 aliphatic rings. The molecule has 0 fully saturated rings. The van der Waals surface area contributed by atoms with Gasteiger partial charge in [-0.05, 0) is 74.3 Å². The first-order chi connectivity index (χ1) is 13.9. The van der Waals surface area contributed by atoms with Gasteiger partial charge in [0.15, 0.2) is 0 Å². The number of aryl methyl sites for hydroxylation is 2. The number of hydrogen-bond acceptors (Lipinski definition) is 0. The Morgan fingerprint density at radius 2 is 1.00 bits per heavy atom. The lowest BCUT2D eigenvalue weighted by molar-refractivity contribution is 0.493. The monoisotopic (exact) mass is 420 g/mol. The molecule has 0 radical (unpaired) electrons. The molecule has 2 aromatic carbocycles. The molecule has 0 spiro atoms. The van der Waals surface area contributed by atoms with E-state index in [9.17, 15) is 0 Å². The third-order valence-electron chi connectivity index (χ3n) is 6.33. The molecule has 0 heterocycles. The van der Waals surface area contributed by atoms with Crippen LogP contribution in [-0.2, 0) is 34.5 Å². The van der Waals surface area contributed by atoms with E-state index in [4.69, 9.17) is 0 Å². The van der Waals surface area contributed by atoms with Gasteiger partial charge in [-0.3, -0.25) is 0 Å². The summed E-state index contributed by atoms with van der Waals surface area (Å²) in [6.07, 6.45) is 3.47. The van der Waals surface area contributed by atoms with Crippen molar-refractivity contribution in [3.8, 4) is 0 Å². The molecular weight excluding hydrogens is 372 g/mol. The van der Waals surface area contributed by atoms with E-state index in [2.05, 4.69) is 119 Å². The smallest absolute Gasteiger partial charge is 0.0126 e. The zero-order valence-electron chi connectivity index (χ0n) is 22.6. The molecule has 0 aromatic heterocycles. The fourth-order valence-corrected chi connectivity index (χ4v) is 4.77. The maximum atomic E-state index is 2.43. The molecule has 2 rings (SSSR count). The van der Waals surface area contributed by atoms with E-state index in [-0.39, 0.29) is 21.7 Å². The van der Waals surface area contributed by atoms with Gasteiger partial charge in [-0.2, -0.15) is 0 Å². The number of benzene rings is 2. The Morgan fingerprint density at radius 1 is 0.484 bits per heavy atom. The van der Waals surface area contributed by atoms with Crippen LogP contribution in [-0.4, -0.2) is 0 Å². The van der Waals surface area contributed by atoms with Gasteiger partial charge < -0.3 is 0 Å².